The average Bonchev–Trinajstić information content (AvgIpc) is 3.41. The lowest BCUT2D eigenvalue weighted by atomic mass is 9.97. The van der Waals surface area contributed by atoms with E-state index in [0.717, 1.165) is 25.1 Å². The molecule has 2 N–H and O–H groups in total. The van der Waals surface area contributed by atoms with Gasteiger partial charge < -0.3 is 20.0 Å². The number of aromatic nitrogens is 3. The maximum absolute atomic E-state index is 12.9. The molecular formula is C21H26N6O4S. The Labute approximate surface area is 188 Å². The lowest BCUT2D eigenvalue weighted by molar-refractivity contribution is -0.125. The zero-order valence-electron chi connectivity index (χ0n) is 18.1. The van der Waals surface area contributed by atoms with Crippen molar-refractivity contribution in [1.29, 1.82) is 0 Å². The van der Waals surface area contributed by atoms with Crippen LogP contribution in [0.2, 0.25) is 0 Å². The quantitative estimate of drug-likeness (QED) is 0.549. The lowest BCUT2D eigenvalue weighted by Crippen LogP contribution is -2.43. The number of amides is 2. The van der Waals surface area contributed by atoms with Gasteiger partial charge in [0.25, 0.3) is 5.56 Å². The highest BCUT2D eigenvalue weighted by atomic mass is 32.1. The molecule has 1 aliphatic heterocycles. The summed E-state index contributed by atoms with van der Waals surface area (Å²) >= 11 is 1.25. The van der Waals surface area contributed by atoms with E-state index in [-0.39, 0.29) is 36.4 Å². The number of piperidine rings is 1. The molecule has 3 aromatic heterocycles. The Morgan fingerprint density at radius 1 is 1.31 bits per heavy atom. The van der Waals surface area contributed by atoms with Gasteiger partial charge in [-0.05, 0) is 38.8 Å². The van der Waals surface area contributed by atoms with Gasteiger partial charge in [0.15, 0.2) is 10.8 Å². The first kappa shape index (κ1) is 22.0. The molecule has 2 amide bonds. The molecule has 3 aromatic rings. The molecule has 1 aliphatic rings. The number of furan rings is 1. The topological polar surface area (TPSA) is 122 Å². The summed E-state index contributed by atoms with van der Waals surface area (Å²) in [4.78, 5) is 48.2. The number of carbonyl (C=O) groups is 2. The molecule has 1 unspecified atom stereocenters. The van der Waals surface area contributed by atoms with Gasteiger partial charge in [-0.2, -0.15) is 4.98 Å². The zero-order chi connectivity index (χ0) is 22.7. The summed E-state index contributed by atoms with van der Waals surface area (Å²) in [7, 11) is 0. The third-order valence-electron chi connectivity index (χ3n) is 5.36. The number of carbonyl (C=O) groups excluding carboxylic acids is 2. The fraction of sp³-hybridized carbons (Fsp3) is 0.476. The van der Waals surface area contributed by atoms with E-state index in [1.165, 1.54) is 22.2 Å². The Bertz CT molecular complexity index is 1180. The predicted octanol–water partition coefficient (Wildman–Crippen LogP) is 1.42. The van der Waals surface area contributed by atoms with Crippen molar-refractivity contribution in [2.45, 2.75) is 39.8 Å². The Kier molecular flexibility index (Phi) is 6.54. The number of nitrogens with one attached hydrogen (secondary N) is 2. The highest BCUT2D eigenvalue weighted by molar-refractivity contribution is 7.22. The van der Waals surface area contributed by atoms with Crippen molar-refractivity contribution >= 4 is 38.6 Å². The number of fused-ring (bicyclic) bond motifs is 1. The van der Waals surface area contributed by atoms with Gasteiger partial charge in [-0.3, -0.25) is 19.0 Å². The third kappa shape index (κ3) is 4.82. The maximum atomic E-state index is 12.9. The molecule has 4 heterocycles. The Hall–Kier alpha value is -3.21. The van der Waals surface area contributed by atoms with Gasteiger partial charge in [0.05, 0.1) is 12.5 Å². The minimum absolute atomic E-state index is 0.0505. The second kappa shape index (κ2) is 9.51. The number of thiazole rings is 1. The molecule has 0 saturated carbocycles. The Morgan fingerprint density at radius 3 is 2.91 bits per heavy atom. The van der Waals surface area contributed by atoms with Crippen LogP contribution in [-0.2, 0) is 22.7 Å². The molecule has 170 valence electrons. The third-order valence-corrected chi connectivity index (χ3v) is 6.45. The molecule has 0 aromatic carbocycles. The van der Waals surface area contributed by atoms with E-state index in [9.17, 15) is 14.4 Å². The van der Waals surface area contributed by atoms with E-state index in [0.29, 0.717) is 34.3 Å². The summed E-state index contributed by atoms with van der Waals surface area (Å²) in [6.45, 7) is 5.79. The first-order valence-corrected chi connectivity index (χ1v) is 11.5. The molecule has 1 fully saturated rings. The minimum Gasteiger partial charge on any atom is -0.465 e. The molecule has 32 heavy (non-hydrogen) atoms. The van der Waals surface area contributed by atoms with E-state index in [2.05, 4.69) is 20.6 Å². The normalized spacial score (nSPS) is 16.3. The second-order valence-electron chi connectivity index (χ2n) is 7.80. The van der Waals surface area contributed by atoms with Gasteiger partial charge in [0.1, 0.15) is 29.1 Å². The molecule has 11 heteroatoms. The van der Waals surface area contributed by atoms with E-state index >= 15 is 0 Å². The summed E-state index contributed by atoms with van der Waals surface area (Å²) < 4.78 is 7.11. The van der Waals surface area contributed by atoms with E-state index in [1.807, 2.05) is 24.8 Å². The Morgan fingerprint density at radius 2 is 2.16 bits per heavy atom. The van der Waals surface area contributed by atoms with Crippen LogP contribution in [0.1, 0.15) is 31.3 Å². The van der Waals surface area contributed by atoms with Gasteiger partial charge in [-0.15, -0.1) is 0 Å². The first-order valence-electron chi connectivity index (χ1n) is 10.6. The van der Waals surface area contributed by atoms with Crippen LogP contribution in [0.25, 0.3) is 10.3 Å². The van der Waals surface area contributed by atoms with Crippen molar-refractivity contribution in [2.24, 2.45) is 5.92 Å². The molecule has 0 radical (unpaired) electrons. The van der Waals surface area contributed by atoms with Gasteiger partial charge in [-0.25, -0.2) is 4.98 Å². The second-order valence-corrected chi connectivity index (χ2v) is 8.77. The largest absolute Gasteiger partial charge is 0.465 e. The predicted molar refractivity (Wildman–Crippen MR) is 121 cm³/mol. The number of hydrogen-bond donors (Lipinski definition) is 2. The summed E-state index contributed by atoms with van der Waals surface area (Å²) in [6.07, 6.45) is 3.06. The van der Waals surface area contributed by atoms with Crippen molar-refractivity contribution in [3.05, 3.63) is 40.3 Å². The van der Waals surface area contributed by atoms with Crippen LogP contribution in [0.3, 0.4) is 0 Å². The molecule has 10 nitrogen and oxygen atoms in total. The highest BCUT2D eigenvalue weighted by Gasteiger charge is 2.27. The summed E-state index contributed by atoms with van der Waals surface area (Å²) in [5, 5.41) is 6.29. The van der Waals surface area contributed by atoms with Crippen molar-refractivity contribution in [1.82, 2.24) is 25.2 Å². The summed E-state index contributed by atoms with van der Waals surface area (Å²) in [5.74, 6) is 1.06. The van der Waals surface area contributed by atoms with Crippen LogP contribution in [0, 0.1) is 12.8 Å². The maximum Gasteiger partial charge on any atom is 0.273 e. The average molecular weight is 459 g/mol. The molecule has 0 spiro atoms. The van der Waals surface area contributed by atoms with Crippen LogP contribution in [0.5, 0.6) is 0 Å². The smallest absolute Gasteiger partial charge is 0.273 e. The number of rotatable bonds is 7. The SMILES string of the molecule is CCNC(=O)C1CCCN(c2nc3ncn(CC(=O)NCc4ccc(C)o4)c(=O)c3s2)C1. The fourth-order valence-corrected chi connectivity index (χ4v) is 4.75. The fourth-order valence-electron chi connectivity index (χ4n) is 3.74. The number of nitrogens with zero attached hydrogens (tertiary/aromatic N) is 4. The lowest BCUT2D eigenvalue weighted by Gasteiger charge is -2.31. The van der Waals surface area contributed by atoms with Crippen molar-refractivity contribution in [2.75, 3.05) is 24.5 Å². The number of anilines is 1. The standard InChI is InChI=1S/C21H26N6O4S/c1-3-22-19(29)14-5-4-8-26(10-14)21-25-18-17(32-21)20(30)27(12-24-18)11-16(28)23-9-15-7-6-13(2)31-15/h6-7,12,14H,3-5,8-11H2,1-2H3,(H,22,29)(H,23,28). The number of hydrogen-bond acceptors (Lipinski definition) is 8. The molecule has 1 atom stereocenters. The van der Waals surface area contributed by atoms with Gasteiger partial charge in [0.2, 0.25) is 11.8 Å². The van der Waals surface area contributed by atoms with E-state index in [4.69, 9.17) is 4.42 Å². The van der Waals surface area contributed by atoms with Crippen molar-refractivity contribution in [3.63, 3.8) is 0 Å². The zero-order valence-corrected chi connectivity index (χ0v) is 18.9. The minimum atomic E-state index is -0.312. The van der Waals surface area contributed by atoms with Gasteiger partial charge in [-0.1, -0.05) is 11.3 Å². The first-order chi connectivity index (χ1) is 15.4. The monoisotopic (exact) mass is 458 g/mol. The van der Waals surface area contributed by atoms with Crippen LogP contribution in [0.15, 0.2) is 27.7 Å². The van der Waals surface area contributed by atoms with Crippen molar-refractivity contribution < 1.29 is 14.0 Å². The van der Waals surface area contributed by atoms with Crippen LogP contribution < -0.4 is 21.1 Å². The molecule has 0 aliphatic carbocycles. The molecule has 0 bridgehead atoms. The molecule has 4 rings (SSSR count). The molecular weight excluding hydrogens is 432 g/mol. The van der Waals surface area contributed by atoms with Gasteiger partial charge in [0, 0.05) is 19.6 Å². The Balaban J connectivity index is 1.45. The van der Waals surface area contributed by atoms with E-state index in [1.54, 1.807) is 6.07 Å². The molecule has 1 saturated heterocycles. The van der Waals surface area contributed by atoms with E-state index < -0.39 is 0 Å². The summed E-state index contributed by atoms with van der Waals surface area (Å²) in [5.41, 5.74) is 0.0536. The number of aryl methyl sites for hydroxylation is 1. The van der Waals surface area contributed by atoms with Crippen LogP contribution in [-0.4, -0.2) is 46.0 Å². The summed E-state index contributed by atoms with van der Waals surface area (Å²) in [6, 6.07) is 3.62. The highest BCUT2D eigenvalue weighted by Crippen LogP contribution is 2.29. The van der Waals surface area contributed by atoms with Crippen molar-refractivity contribution in [3.8, 4) is 0 Å². The van der Waals surface area contributed by atoms with Crippen LogP contribution >= 0.6 is 11.3 Å². The van der Waals surface area contributed by atoms with Gasteiger partial charge >= 0.3 is 0 Å². The van der Waals surface area contributed by atoms with Crippen LogP contribution in [0.4, 0.5) is 5.13 Å².